The minimum Gasteiger partial charge on any atom is -0.334 e. The van der Waals surface area contributed by atoms with Crippen LogP contribution >= 0.6 is 15.9 Å². The van der Waals surface area contributed by atoms with Gasteiger partial charge in [0, 0.05) is 17.1 Å². The van der Waals surface area contributed by atoms with E-state index in [1.165, 1.54) is 6.07 Å². The number of hydrogen-bond donors (Lipinski definition) is 2. The fraction of sp³-hybridized carbons (Fsp3) is 0.0714. The summed E-state index contributed by atoms with van der Waals surface area (Å²) >= 11 is 3.36. The van der Waals surface area contributed by atoms with Gasteiger partial charge in [0.15, 0.2) is 0 Å². The van der Waals surface area contributed by atoms with E-state index in [4.69, 9.17) is 0 Å². The predicted molar refractivity (Wildman–Crippen MR) is 76.4 cm³/mol. The lowest BCUT2D eigenvalue weighted by Gasteiger charge is -2.09. The maximum absolute atomic E-state index is 13.3. The molecule has 0 aliphatic carbocycles. The van der Waals surface area contributed by atoms with Crippen molar-refractivity contribution in [3.63, 3.8) is 0 Å². The summed E-state index contributed by atoms with van der Waals surface area (Å²) < 4.78 is 26.9. The number of carbonyl (C=O) groups excluding carboxylic acids is 1. The van der Waals surface area contributed by atoms with Gasteiger partial charge in [0.2, 0.25) is 0 Å². The molecular weight excluding hydrogens is 330 g/mol. The van der Waals surface area contributed by atoms with Crippen molar-refractivity contribution in [3.8, 4) is 0 Å². The first kappa shape index (κ1) is 14.5. The predicted octanol–water partition coefficient (Wildman–Crippen LogP) is 4.05. The molecule has 6 heteroatoms. The lowest BCUT2D eigenvalue weighted by Crippen LogP contribution is -2.28. The number of amides is 2. The highest BCUT2D eigenvalue weighted by molar-refractivity contribution is 9.10. The number of nitrogens with one attached hydrogen (secondary N) is 2. The van der Waals surface area contributed by atoms with E-state index in [2.05, 4.69) is 26.6 Å². The van der Waals surface area contributed by atoms with Crippen LogP contribution < -0.4 is 10.6 Å². The normalized spacial score (nSPS) is 10.2. The van der Waals surface area contributed by atoms with E-state index < -0.39 is 17.7 Å². The summed E-state index contributed by atoms with van der Waals surface area (Å²) in [6, 6.07) is 9.81. The maximum atomic E-state index is 13.3. The summed E-state index contributed by atoms with van der Waals surface area (Å²) in [6.07, 6.45) is 0. The number of hydrogen-bond acceptors (Lipinski definition) is 1. The monoisotopic (exact) mass is 340 g/mol. The number of urea groups is 1. The van der Waals surface area contributed by atoms with Crippen LogP contribution in [0.2, 0.25) is 0 Å². The van der Waals surface area contributed by atoms with Crippen molar-refractivity contribution in [2.24, 2.45) is 0 Å². The van der Waals surface area contributed by atoms with Crippen LogP contribution in [-0.4, -0.2) is 6.03 Å². The van der Waals surface area contributed by atoms with E-state index >= 15 is 0 Å². The number of benzene rings is 2. The van der Waals surface area contributed by atoms with Crippen molar-refractivity contribution < 1.29 is 13.6 Å². The molecule has 0 saturated heterocycles. The first-order chi connectivity index (χ1) is 9.56. The number of carbonyl (C=O) groups is 1. The zero-order valence-electron chi connectivity index (χ0n) is 10.3. The lowest BCUT2D eigenvalue weighted by atomic mass is 10.2. The Morgan fingerprint density at radius 1 is 1.15 bits per heavy atom. The maximum Gasteiger partial charge on any atom is 0.319 e. The molecule has 0 aromatic heterocycles. The summed E-state index contributed by atoms with van der Waals surface area (Å²) in [5, 5.41) is 4.91. The van der Waals surface area contributed by atoms with Crippen LogP contribution in [0.1, 0.15) is 5.56 Å². The fourth-order valence-electron chi connectivity index (χ4n) is 1.57. The number of anilines is 1. The second-order valence-electron chi connectivity index (χ2n) is 4.02. The zero-order chi connectivity index (χ0) is 14.5. The van der Waals surface area contributed by atoms with Gasteiger partial charge in [-0.2, -0.15) is 0 Å². The Morgan fingerprint density at radius 2 is 1.90 bits per heavy atom. The molecule has 0 radical (unpaired) electrons. The highest BCUT2D eigenvalue weighted by Gasteiger charge is 2.08. The van der Waals surface area contributed by atoms with Gasteiger partial charge in [0.05, 0.1) is 5.69 Å². The van der Waals surface area contributed by atoms with Crippen molar-refractivity contribution in [1.82, 2.24) is 5.32 Å². The van der Waals surface area contributed by atoms with Crippen molar-refractivity contribution >= 4 is 27.6 Å². The van der Waals surface area contributed by atoms with Crippen molar-refractivity contribution in [2.75, 3.05) is 5.32 Å². The summed E-state index contributed by atoms with van der Waals surface area (Å²) in [5.74, 6) is -1.51. The third-order valence-electron chi connectivity index (χ3n) is 2.58. The minimum atomic E-state index is -0.818. The molecule has 0 aliphatic rings. The van der Waals surface area contributed by atoms with Gasteiger partial charge in [-0.25, -0.2) is 13.6 Å². The topological polar surface area (TPSA) is 41.1 Å². The van der Waals surface area contributed by atoms with E-state index in [9.17, 15) is 13.6 Å². The molecule has 0 fully saturated rings. The second-order valence-corrected chi connectivity index (χ2v) is 4.88. The average Bonchev–Trinajstić information content (AvgIpc) is 2.41. The first-order valence-electron chi connectivity index (χ1n) is 5.79. The lowest BCUT2D eigenvalue weighted by molar-refractivity contribution is 0.251. The smallest absolute Gasteiger partial charge is 0.319 e. The van der Waals surface area contributed by atoms with Gasteiger partial charge in [-0.1, -0.05) is 34.1 Å². The van der Waals surface area contributed by atoms with E-state index in [-0.39, 0.29) is 12.2 Å². The minimum absolute atomic E-state index is 0.0731. The highest BCUT2D eigenvalue weighted by Crippen LogP contribution is 2.16. The molecule has 2 amide bonds. The first-order valence-corrected chi connectivity index (χ1v) is 6.59. The van der Waals surface area contributed by atoms with E-state index in [1.54, 1.807) is 0 Å². The Kier molecular flexibility index (Phi) is 4.68. The zero-order valence-corrected chi connectivity index (χ0v) is 11.9. The second kappa shape index (κ2) is 6.47. The number of rotatable bonds is 3. The largest absolute Gasteiger partial charge is 0.334 e. The molecule has 2 aromatic rings. The van der Waals surface area contributed by atoms with Crippen LogP contribution in [0.3, 0.4) is 0 Å². The Morgan fingerprint density at radius 3 is 2.60 bits per heavy atom. The van der Waals surface area contributed by atoms with Gasteiger partial charge in [0.1, 0.15) is 11.6 Å². The quantitative estimate of drug-likeness (QED) is 0.869. The third kappa shape index (κ3) is 3.77. The highest BCUT2D eigenvalue weighted by atomic mass is 79.9. The van der Waals surface area contributed by atoms with E-state index in [0.29, 0.717) is 6.07 Å². The standard InChI is InChI=1S/C14H11BrF2N2O/c15-11-4-2-1-3-9(11)8-18-14(20)19-13-6-5-10(16)7-12(13)17/h1-7H,8H2,(H2,18,19,20). The summed E-state index contributed by atoms with van der Waals surface area (Å²) in [6.45, 7) is 0.288. The third-order valence-corrected chi connectivity index (χ3v) is 3.35. The Balaban J connectivity index is 1.94. The molecule has 0 aliphatic heterocycles. The van der Waals surface area contributed by atoms with Crippen LogP contribution in [0.15, 0.2) is 46.9 Å². The number of halogens is 3. The Bertz CT molecular complexity index is 634. The molecule has 0 saturated carbocycles. The van der Waals surface area contributed by atoms with Gasteiger partial charge < -0.3 is 10.6 Å². The molecule has 0 atom stereocenters. The fourth-order valence-corrected chi connectivity index (χ4v) is 2.00. The molecular formula is C14H11BrF2N2O. The molecule has 20 heavy (non-hydrogen) atoms. The van der Waals surface area contributed by atoms with Crippen LogP contribution in [0, 0.1) is 11.6 Å². The van der Waals surface area contributed by atoms with E-state index in [1.807, 2.05) is 24.3 Å². The van der Waals surface area contributed by atoms with Crippen molar-refractivity contribution in [1.29, 1.82) is 0 Å². The molecule has 0 heterocycles. The van der Waals surface area contributed by atoms with Crippen LogP contribution in [-0.2, 0) is 6.54 Å². The van der Waals surface area contributed by atoms with Gasteiger partial charge in [0.25, 0.3) is 0 Å². The van der Waals surface area contributed by atoms with Crippen LogP contribution in [0.4, 0.5) is 19.3 Å². The molecule has 2 N–H and O–H groups in total. The van der Waals surface area contributed by atoms with Crippen LogP contribution in [0.25, 0.3) is 0 Å². The molecule has 2 aromatic carbocycles. The molecule has 0 bridgehead atoms. The summed E-state index contributed by atoms with van der Waals surface area (Å²) in [7, 11) is 0. The SMILES string of the molecule is O=C(NCc1ccccc1Br)Nc1ccc(F)cc1F. The molecule has 0 spiro atoms. The summed E-state index contributed by atoms with van der Waals surface area (Å²) in [4.78, 5) is 11.6. The van der Waals surface area contributed by atoms with Gasteiger partial charge in [-0.3, -0.25) is 0 Å². The van der Waals surface area contributed by atoms with Gasteiger partial charge >= 0.3 is 6.03 Å². The van der Waals surface area contributed by atoms with Gasteiger partial charge in [-0.15, -0.1) is 0 Å². The van der Waals surface area contributed by atoms with E-state index in [0.717, 1.165) is 16.1 Å². The van der Waals surface area contributed by atoms with Gasteiger partial charge in [-0.05, 0) is 23.8 Å². The molecule has 0 unspecified atom stereocenters. The van der Waals surface area contributed by atoms with Crippen molar-refractivity contribution in [3.05, 3.63) is 64.1 Å². The van der Waals surface area contributed by atoms with Crippen LogP contribution in [0.5, 0.6) is 0 Å². The molecule has 2 rings (SSSR count). The Labute approximate surface area is 123 Å². The Hall–Kier alpha value is -1.95. The summed E-state index contributed by atoms with van der Waals surface area (Å²) in [5.41, 5.74) is 0.818. The molecule has 104 valence electrons. The van der Waals surface area contributed by atoms with Crippen molar-refractivity contribution in [2.45, 2.75) is 6.54 Å². The average molecular weight is 341 g/mol. The molecule has 3 nitrogen and oxygen atoms in total.